The Morgan fingerprint density at radius 1 is 1.14 bits per heavy atom. The van der Waals surface area contributed by atoms with E-state index in [1.54, 1.807) is 26.2 Å². The lowest BCUT2D eigenvalue weighted by atomic mass is 10.1. The average molecular weight is 348 g/mol. The fraction of sp³-hybridized carbons (Fsp3) is 0.188. The molecule has 0 heterocycles. The third kappa shape index (κ3) is 3.55. The monoisotopic (exact) mass is 347 g/mol. The van der Waals surface area contributed by atoms with Gasteiger partial charge in [0, 0.05) is 29.8 Å². The second kappa shape index (κ2) is 6.18. The number of carbonyl (C=O) groups is 1. The number of nitrogens with zero attached hydrogens (tertiary/aromatic N) is 1. The Morgan fingerprint density at radius 3 is 2.38 bits per heavy atom. The van der Waals surface area contributed by atoms with Gasteiger partial charge < -0.3 is 16.0 Å². The van der Waals surface area contributed by atoms with Gasteiger partial charge in [0.25, 0.3) is 5.91 Å². The van der Waals surface area contributed by atoms with Crippen LogP contribution in [0.3, 0.4) is 0 Å². The maximum absolute atomic E-state index is 11.9. The molecule has 0 fully saturated rings. The molecule has 2 aromatic carbocycles. The van der Waals surface area contributed by atoms with Crippen molar-refractivity contribution in [3.63, 3.8) is 0 Å². The second-order valence-electron chi connectivity index (χ2n) is 5.09. The van der Waals surface area contributed by atoms with Crippen LogP contribution in [0.25, 0.3) is 0 Å². The number of nitrogen functional groups attached to an aromatic ring is 1. The SMILES string of the molecule is Cc1cc(Br)ccc1Nc1ccc(C(=O)N(C)C)cc1N. The highest BCUT2D eigenvalue weighted by atomic mass is 79.9. The predicted octanol–water partition coefficient (Wildman–Crippen LogP) is 3.79. The molecule has 0 aromatic heterocycles. The smallest absolute Gasteiger partial charge is 0.253 e. The molecule has 3 N–H and O–H groups in total. The van der Waals surface area contributed by atoms with E-state index in [2.05, 4.69) is 21.2 Å². The summed E-state index contributed by atoms with van der Waals surface area (Å²) in [6, 6.07) is 11.3. The zero-order valence-electron chi connectivity index (χ0n) is 12.3. The minimum atomic E-state index is -0.0620. The molecule has 21 heavy (non-hydrogen) atoms. The number of carbonyl (C=O) groups excluding carboxylic acids is 1. The van der Waals surface area contributed by atoms with Crippen molar-refractivity contribution in [3.05, 3.63) is 52.0 Å². The van der Waals surface area contributed by atoms with Gasteiger partial charge in [0.2, 0.25) is 0 Å². The van der Waals surface area contributed by atoms with Crippen LogP contribution >= 0.6 is 15.9 Å². The summed E-state index contributed by atoms with van der Waals surface area (Å²) in [5.74, 6) is -0.0620. The lowest BCUT2D eigenvalue weighted by Gasteiger charge is -2.14. The number of nitrogens with one attached hydrogen (secondary N) is 1. The summed E-state index contributed by atoms with van der Waals surface area (Å²) in [6.07, 6.45) is 0. The fourth-order valence-corrected chi connectivity index (χ4v) is 2.46. The molecule has 0 spiro atoms. The Kier molecular flexibility index (Phi) is 4.53. The Balaban J connectivity index is 2.27. The molecule has 0 atom stereocenters. The van der Waals surface area contributed by atoms with Crippen LogP contribution in [-0.4, -0.2) is 24.9 Å². The number of rotatable bonds is 3. The van der Waals surface area contributed by atoms with Crippen molar-refractivity contribution in [2.75, 3.05) is 25.1 Å². The molecule has 2 rings (SSSR count). The Labute approximate surface area is 133 Å². The molecular weight excluding hydrogens is 330 g/mol. The number of benzene rings is 2. The first-order valence-electron chi connectivity index (χ1n) is 6.53. The van der Waals surface area contributed by atoms with Crippen LogP contribution in [0, 0.1) is 6.92 Å². The highest BCUT2D eigenvalue weighted by molar-refractivity contribution is 9.10. The maximum atomic E-state index is 11.9. The lowest BCUT2D eigenvalue weighted by Crippen LogP contribution is -2.21. The van der Waals surface area contributed by atoms with Crippen molar-refractivity contribution in [1.82, 2.24) is 4.90 Å². The van der Waals surface area contributed by atoms with Gasteiger partial charge in [-0.25, -0.2) is 0 Å². The van der Waals surface area contributed by atoms with Crippen molar-refractivity contribution in [1.29, 1.82) is 0 Å². The molecule has 0 unspecified atom stereocenters. The number of aryl methyl sites for hydroxylation is 1. The van der Waals surface area contributed by atoms with Gasteiger partial charge in [0.05, 0.1) is 11.4 Å². The van der Waals surface area contributed by atoms with Gasteiger partial charge in [0.15, 0.2) is 0 Å². The van der Waals surface area contributed by atoms with Crippen LogP contribution in [0.5, 0.6) is 0 Å². The van der Waals surface area contributed by atoms with Gasteiger partial charge in [-0.3, -0.25) is 4.79 Å². The van der Waals surface area contributed by atoms with E-state index < -0.39 is 0 Å². The third-order valence-corrected chi connectivity index (χ3v) is 3.66. The molecule has 0 aliphatic heterocycles. The molecule has 0 saturated carbocycles. The van der Waals surface area contributed by atoms with Crippen LogP contribution in [0.4, 0.5) is 17.1 Å². The number of halogens is 1. The van der Waals surface area contributed by atoms with Crippen LogP contribution < -0.4 is 11.1 Å². The average Bonchev–Trinajstić information content (AvgIpc) is 2.42. The third-order valence-electron chi connectivity index (χ3n) is 3.16. The highest BCUT2D eigenvalue weighted by Crippen LogP contribution is 2.28. The van der Waals surface area contributed by atoms with Gasteiger partial charge in [0.1, 0.15) is 0 Å². The van der Waals surface area contributed by atoms with Crippen LogP contribution in [0.2, 0.25) is 0 Å². The van der Waals surface area contributed by atoms with Crippen molar-refractivity contribution < 1.29 is 4.79 Å². The van der Waals surface area contributed by atoms with Crippen LogP contribution in [0.1, 0.15) is 15.9 Å². The van der Waals surface area contributed by atoms with E-state index in [0.717, 1.165) is 21.4 Å². The van der Waals surface area contributed by atoms with Gasteiger partial charge in [-0.2, -0.15) is 0 Å². The Bertz CT molecular complexity index is 683. The molecule has 0 aliphatic rings. The number of amides is 1. The molecule has 1 amide bonds. The molecule has 4 nitrogen and oxygen atoms in total. The molecular formula is C16H18BrN3O. The highest BCUT2D eigenvalue weighted by Gasteiger charge is 2.10. The quantitative estimate of drug-likeness (QED) is 0.830. The van der Waals surface area contributed by atoms with Crippen molar-refractivity contribution in [2.45, 2.75) is 6.92 Å². The first kappa shape index (κ1) is 15.4. The number of nitrogens with two attached hydrogens (primary N) is 1. The zero-order valence-corrected chi connectivity index (χ0v) is 13.9. The Hall–Kier alpha value is -2.01. The van der Waals surface area contributed by atoms with E-state index in [9.17, 15) is 4.79 Å². The van der Waals surface area contributed by atoms with Crippen molar-refractivity contribution >= 4 is 38.9 Å². The summed E-state index contributed by atoms with van der Waals surface area (Å²) < 4.78 is 1.03. The maximum Gasteiger partial charge on any atom is 0.253 e. The molecule has 0 bridgehead atoms. The molecule has 0 radical (unpaired) electrons. The van der Waals surface area contributed by atoms with E-state index in [4.69, 9.17) is 5.73 Å². The first-order chi connectivity index (χ1) is 9.88. The first-order valence-corrected chi connectivity index (χ1v) is 7.32. The number of anilines is 3. The number of hydrogen-bond donors (Lipinski definition) is 2. The van der Waals surface area contributed by atoms with Gasteiger partial charge in [-0.1, -0.05) is 15.9 Å². The standard InChI is InChI=1S/C16H18BrN3O/c1-10-8-12(17)5-7-14(10)19-15-6-4-11(9-13(15)18)16(21)20(2)3/h4-9,19H,18H2,1-3H3. The summed E-state index contributed by atoms with van der Waals surface area (Å²) in [4.78, 5) is 13.4. The van der Waals surface area contributed by atoms with Gasteiger partial charge >= 0.3 is 0 Å². The van der Waals surface area contributed by atoms with Crippen LogP contribution in [-0.2, 0) is 0 Å². The summed E-state index contributed by atoms with van der Waals surface area (Å²) >= 11 is 3.44. The summed E-state index contributed by atoms with van der Waals surface area (Å²) in [7, 11) is 3.44. The Morgan fingerprint density at radius 2 is 1.81 bits per heavy atom. The van der Waals surface area contributed by atoms with E-state index in [1.807, 2.05) is 31.2 Å². The predicted molar refractivity (Wildman–Crippen MR) is 91.0 cm³/mol. The lowest BCUT2D eigenvalue weighted by molar-refractivity contribution is 0.0827. The van der Waals surface area contributed by atoms with E-state index in [0.29, 0.717) is 11.3 Å². The van der Waals surface area contributed by atoms with Crippen molar-refractivity contribution in [2.24, 2.45) is 0 Å². The minimum absolute atomic E-state index is 0.0620. The molecule has 0 saturated heterocycles. The minimum Gasteiger partial charge on any atom is -0.397 e. The summed E-state index contributed by atoms with van der Waals surface area (Å²) in [6.45, 7) is 2.02. The van der Waals surface area contributed by atoms with Gasteiger partial charge in [-0.05, 0) is 48.9 Å². The summed E-state index contributed by atoms with van der Waals surface area (Å²) in [5.41, 5.74) is 10.0. The molecule has 2 aromatic rings. The topological polar surface area (TPSA) is 58.4 Å². The second-order valence-corrected chi connectivity index (χ2v) is 6.00. The zero-order chi connectivity index (χ0) is 15.6. The van der Waals surface area contributed by atoms with E-state index in [-0.39, 0.29) is 5.91 Å². The van der Waals surface area contributed by atoms with Gasteiger partial charge in [-0.15, -0.1) is 0 Å². The van der Waals surface area contributed by atoms with E-state index >= 15 is 0 Å². The molecule has 5 heteroatoms. The molecule has 0 aliphatic carbocycles. The summed E-state index contributed by atoms with van der Waals surface area (Å²) in [5, 5.41) is 3.29. The number of hydrogen-bond acceptors (Lipinski definition) is 3. The molecule has 110 valence electrons. The van der Waals surface area contributed by atoms with Crippen LogP contribution in [0.15, 0.2) is 40.9 Å². The normalized spacial score (nSPS) is 10.3. The fourth-order valence-electron chi connectivity index (χ4n) is 1.98. The largest absolute Gasteiger partial charge is 0.397 e. The van der Waals surface area contributed by atoms with Crippen molar-refractivity contribution in [3.8, 4) is 0 Å². The van der Waals surface area contributed by atoms with E-state index in [1.165, 1.54) is 4.90 Å².